The van der Waals surface area contributed by atoms with Crippen molar-refractivity contribution in [1.29, 1.82) is 0 Å². The molecule has 2 aromatic rings. The van der Waals surface area contributed by atoms with Gasteiger partial charge < -0.3 is 15.6 Å². The van der Waals surface area contributed by atoms with Gasteiger partial charge in [-0.3, -0.25) is 0 Å². The highest BCUT2D eigenvalue weighted by Crippen LogP contribution is 2.36. The van der Waals surface area contributed by atoms with Crippen molar-refractivity contribution in [2.45, 2.75) is 44.1 Å². The molecule has 0 heterocycles. The molecule has 2 rings (SSSR count). The molecule has 11 heteroatoms. The fraction of sp³-hybridized carbons (Fsp3) is 0.368. The van der Waals surface area contributed by atoms with Crippen LogP contribution in [0.15, 0.2) is 36.4 Å². The largest absolute Gasteiger partial charge is 0.416 e. The molecule has 0 spiro atoms. The number of alkyl halides is 6. The maximum atomic E-state index is 13.3. The first-order valence-electron chi connectivity index (χ1n) is 8.42. The number of hydrogen-bond acceptors (Lipinski definition) is 3. The van der Waals surface area contributed by atoms with Gasteiger partial charge in [0, 0.05) is 12.5 Å². The van der Waals surface area contributed by atoms with Crippen LogP contribution in [-0.2, 0) is 29.3 Å². The fourth-order valence-corrected chi connectivity index (χ4v) is 2.74. The van der Waals surface area contributed by atoms with Crippen LogP contribution in [0.5, 0.6) is 0 Å². The number of ether oxygens (including phenoxy) is 1. The van der Waals surface area contributed by atoms with E-state index in [9.17, 15) is 40.2 Å². The van der Waals surface area contributed by atoms with Crippen LogP contribution < -0.4 is 5.73 Å². The smallest absolute Gasteiger partial charge is 0.385 e. The molecule has 0 amide bonds. The van der Waals surface area contributed by atoms with Crippen LogP contribution in [-0.4, -0.2) is 11.3 Å². The van der Waals surface area contributed by atoms with E-state index in [2.05, 4.69) is 0 Å². The van der Waals surface area contributed by atoms with E-state index in [1.54, 1.807) is 0 Å². The second-order valence-corrected chi connectivity index (χ2v) is 6.90. The van der Waals surface area contributed by atoms with Crippen LogP contribution in [0.3, 0.4) is 0 Å². The van der Waals surface area contributed by atoms with E-state index in [1.807, 2.05) is 0 Å². The zero-order chi connectivity index (χ0) is 22.9. The van der Waals surface area contributed by atoms with Crippen LogP contribution in [0.25, 0.3) is 0 Å². The zero-order valence-electron chi connectivity index (χ0n) is 15.4. The van der Waals surface area contributed by atoms with E-state index < -0.39 is 65.5 Å². The molecule has 3 nitrogen and oxygen atoms in total. The summed E-state index contributed by atoms with van der Waals surface area (Å²) in [6.45, 7) is 0.457. The molecule has 0 saturated carbocycles. The van der Waals surface area contributed by atoms with E-state index in [1.165, 1.54) is 6.92 Å². The lowest BCUT2D eigenvalue weighted by Crippen LogP contribution is -2.34. The third kappa shape index (κ3) is 6.38. The van der Waals surface area contributed by atoms with Crippen molar-refractivity contribution in [3.05, 3.63) is 70.3 Å². The topological polar surface area (TPSA) is 55.5 Å². The lowest BCUT2D eigenvalue weighted by atomic mass is 9.91. The molecule has 0 bridgehead atoms. The Bertz CT molecular complexity index is 841. The van der Waals surface area contributed by atoms with E-state index in [4.69, 9.17) is 10.5 Å². The van der Waals surface area contributed by atoms with Crippen molar-refractivity contribution in [2.24, 2.45) is 5.73 Å². The monoisotopic (exact) mass is 443 g/mol. The molecule has 0 fully saturated rings. The summed E-state index contributed by atoms with van der Waals surface area (Å²) >= 11 is 0. The lowest BCUT2D eigenvalue weighted by Gasteiger charge is -2.27. The average Bonchev–Trinajstić information content (AvgIpc) is 2.57. The van der Waals surface area contributed by atoms with Crippen molar-refractivity contribution >= 4 is 0 Å². The lowest BCUT2D eigenvalue weighted by molar-refractivity contribution is -0.143. The van der Waals surface area contributed by atoms with Crippen LogP contribution in [0.1, 0.15) is 35.6 Å². The summed E-state index contributed by atoms with van der Waals surface area (Å²) in [6, 6.07) is 3.26. The highest BCUT2D eigenvalue weighted by Gasteiger charge is 2.37. The van der Waals surface area contributed by atoms with Gasteiger partial charge in [-0.15, -0.1) is 0 Å². The molecule has 0 aliphatic heterocycles. The van der Waals surface area contributed by atoms with Gasteiger partial charge in [-0.05, 0) is 48.4 Å². The van der Waals surface area contributed by atoms with Crippen molar-refractivity contribution in [3.63, 3.8) is 0 Å². The molecule has 0 radical (unpaired) electrons. The molecule has 0 aromatic heterocycles. The number of nitrogens with two attached hydrogens (primary N) is 1. The van der Waals surface area contributed by atoms with Gasteiger partial charge in [-0.2, -0.15) is 26.3 Å². The molecule has 2 aromatic carbocycles. The predicted molar refractivity (Wildman–Crippen MR) is 89.8 cm³/mol. The standard InChI is InChI=1S/C19H17F8NO2/c1-17(29,11-5-14(20)7-15(21)6-11)8-16(28)30-9-10-2-12(18(22,23)24)4-13(3-10)19(25,26)27/h2-7,16,29H,8-9,28H2,1H3. The normalized spacial score (nSPS) is 15.7. The minimum Gasteiger partial charge on any atom is -0.385 e. The van der Waals surface area contributed by atoms with Gasteiger partial charge >= 0.3 is 12.4 Å². The molecular formula is C19H17F8NO2. The van der Waals surface area contributed by atoms with Crippen molar-refractivity contribution in [1.82, 2.24) is 0 Å². The molecular weight excluding hydrogens is 426 g/mol. The Labute approximate surface area is 166 Å². The Balaban J connectivity index is 2.16. The van der Waals surface area contributed by atoms with Gasteiger partial charge in [0.25, 0.3) is 0 Å². The number of rotatable bonds is 6. The number of benzene rings is 2. The molecule has 30 heavy (non-hydrogen) atoms. The van der Waals surface area contributed by atoms with Gasteiger partial charge in [0.2, 0.25) is 0 Å². The third-order valence-corrected chi connectivity index (χ3v) is 4.19. The number of aliphatic hydroxyl groups is 1. The molecule has 2 atom stereocenters. The molecule has 166 valence electrons. The minimum absolute atomic E-state index is 0.0211. The second kappa shape index (κ2) is 8.48. The Morgan fingerprint density at radius 2 is 1.30 bits per heavy atom. The minimum atomic E-state index is -5.01. The Morgan fingerprint density at radius 1 is 0.833 bits per heavy atom. The predicted octanol–water partition coefficient (Wildman–Crippen LogP) is 5.10. The summed E-state index contributed by atoms with van der Waals surface area (Å²) < 4.78 is 109. The van der Waals surface area contributed by atoms with Crippen LogP contribution in [0, 0.1) is 11.6 Å². The summed E-state index contributed by atoms with van der Waals surface area (Å²) in [5.41, 5.74) is 0.148. The fourth-order valence-electron chi connectivity index (χ4n) is 2.74. The average molecular weight is 443 g/mol. The first-order valence-corrected chi connectivity index (χ1v) is 8.42. The summed E-state index contributed by atoms with van der Waals surface area (Å²) in [4.78, 5) is 0. The summed E-state index contributed by atoms with van der Waals surface area (Å²) in [5, 5.41) is 10.4. The highest BCUT2D eigenvalue weighted by molar-refractivity contribution is 5.33. The molecule has 0 aliphatic rings. The van der Waals surface area contributed by atoms with Crippen molar-refractivity contribution in [2.75, 3.05) is 0 Å². The molecule has 3 N–H and O–H groups in total. The van der Waals surface area contributed by atoms with E-state index in [0.717, 1.165) is 12.1 Å². The maximum Gasteiger partial charge on any atom is 0.416 e. The van der Waals surface area contributed by atoms with Crippen LogP contribution >= 0.6 is 0 Å². The second-order valence-electron chi connectivity index (χ2n) is 6.90. The van der Waals surface area contributed by atoms with Crippen LogP contribution in [0.4, 0.5) is 35.1 Å². The van der Waals surface area contributed by atoms with Crippen molar-refractivity contribution < 1.29 is 45.0 Å². The zero-order valence-corrected chi connectivity index (χ0v) is 15.4. The van der Waals surface area contributed by atoms with E-state index >= 15 is 0 Å². The molecule has 0 aliphatic carbocycles. The Morgan fingerprint density at radius 3 is 1.73 bits per heavy atom. The molecule has 0 saturated heterocycles. The Kier molecular flexibility index (Phi) is 6.79. The van der Waals surface area contributed by atoms with Gasteiger partial charge in [0.1, 0.15) is 17.9 Å². The maximum absolute atomic E-state index is 13.3. The highest BCUT2D eigenvalue weighted by atomic mass is 19.4. The summed E-state index contributed by atoms with van der Waals surface area (Å²) in [6.07, 6.45) is -11.8. The van der Waals surface area contributed by atoms with Gasteiger partial charge in [0.05, 0.1) is 23.3 Å². The van der Waals surface area contributed by atoms with E-state index in [0.29, 0.717) is 18.2 Å². The first-order chi connectivity index (χ1) is 13.6. The first kappa shape index (κ1) is 24.0. The number of hydrogen-bond donors (Lipinski definition) is 2. The van der Waals surface area contributed by atoms with Gasteiger partial charge in [0.15, 0.2) is 0 Å². The van der Waals surface area contributed by atoms with Gasteiger partial charge in [-0.1, -0.05) is 0 Å². The van der Waals surface area contributed by atoms with E-state index in [-0.39, 0.29) is 11.6 Å². The van der Waals surface area contributed by atoms with Crippen LogP contribution in [0.2, 0.25) is 0 Å². The van der Waals surface area contributed by atoms with Gasteiger partial charge in [-0.25, -0.2) is 8.78 Å². The number of halogens is 8. The van der Waals surface area contributed by atoms with Crippen molar-refractivity contribution in [3.8, 4) is 0 Å². The summed E-state index contributed by atoms with van der Waals surface area (Å²) in [5.74, 6) is -1.91. The summed E-state index contributed by atoms with van der Waals surface area (Å²) in [7, 11) is 0. The quantitative estimate of drug-likeness (QED) is 0.483. The third-order valence-electron chi connectivity index (χ3n) is 4.19. The Hall–Kier alpha value is -2.24. The molecule has 2 unspecified atom stereocenters. The SMILES string of the molecule is CC(O)(CC(N)OCc1cc(C(F)(F)F)cc(C(F)(F)F)c1)c1cc(F)cc(F)c1.